The van der Waals surface area contributed by atoms with Gasteiger partial charge in [-0.15, -0.1) is 0 Å². The maximum Gasteiger partial charge on any atom is 0.500 e. The number of nitrogens with two attached hydrogens (primary N) is 1. The van der Waals surface area contributed by atoms with E-state index >= 15 is 0 Å². The summed E-state index contributed by atoms with van der Waals surface area (Å²) in [5, 5.41) is 0. The first-order valence-corrected chi connectivity index (χ1v) is 6.47. The van der Waals surface area contributed by atoms with Crippen molar-refractivity contribution in [1.29, 1.82) is 0 Å². The fourth-order valence-corrected chi connectivity index (χ4v) is 3.42. The molecule has 0 saturated heterocycles. The van der Waals surface area contributed by atoms with Crippen LogP contribution in [0.15, 0.2) is 0 Å². The Balaban J connectivity index is 4.13. The second-order valence-corrected chi connectivity index (χ2v) is 6.21. The van der Waals surface area contributed by atoms with Gasteiger partial charge in [0.25, 0.3) is 0 Å². The van der Waals surface area contributed by atoms with Gasteiger partial charge >= 0.3 is 8.80 Å². The van der Waals surface area contributed by atoms with Gasteiger partial charge in [-0.3, -0.25) is 0 Å². The number of hydrogen-bond donors (Lipinski definition) is 1. The molecule has 80 valence electrons. The summed E-state index contributed by atoms with van der Waals surface area (Å²) in [4.78, 5) is 0. The van der Waals surface area contributed by atoms with Crippen molar-refractivity contribution in [3.8, 4) is 0 Å². The molecule has 0 rings (SSSR count). The second-order valence-electron chi connectivity index (χ2n) is 3.33. The van der Waals surface area contributed by atoms with Crippen molar-refractivity contribution < 1.29 is 13.3 Å². The Morgan fingerprint density at radius 3 is 2.08 bits per heavy atom. The molecular weight excluding hydrogens is 186 g/mol. The zero-order chi connectivity index (χ0) is 10.3. The zero-order valence-electron chi connectivity index (χ0n) is 9.00. The largest absolute Gasteiger partial charge is 0.500 e. The van der Waals surface area contributed by atoms with Gasteiger partial charge in [0, 0.05) is 26.8 Å². The van der Waals surface area contributed by atoms with Crippen molar-refractivity contribution >= 4 is 8.80 Å². The summed E-state index contributed by atoms with van der Waals surface area (Å²) in [5.41, 5.74) is 5.36. The summed E-state index contributed by atoms with van der Waals surface area (Å²) < 4.78 is 16.2. The lowest BCUT2D eigenvalue weighted by molar-refractivity contribution is 0.0978. The molecule has 0 aliphatic carbocycles. The predicted molar refractivity (Wildman–Crippen MR) is 54.4 cm³/mol. The SMILES string of the molecule is CO[Si](CC(C)C)(OC)OCCN. The van der Waals surface area contributed by atoms with Gasteiger partial charge in [0.1, 0.15) is 0 Å². The Hall–Kier alpha value is 0.0569. The molecule has 0 unspecified atom stereocenters. The fourth-order valence-electron chi connectivity index (χ4n) is 1.14. The van der Waals surface area contributed by atoms with E-state index in [9.17, 15) is 0 Å². The van der Waals surface area contributed by atoms with Gasteiger partial charge in [-0.2, -0.15) is 0 Å². The molecule has 0 bridgehead atoms. The van der Waals surface area contributed by atoms with E-state index in [1.807, 2.05) is 0 Å². The van der Waals surface area contributed by atoms with Crippen molar-refractivity contribution in [2.45, 2.75) is 19.9 Å². The zero-order valence-corrected chi connectivity index (χ0v) is 10.0. The molecule has 0 heterocycles. The Morgan fingerprint density at radius 2 is 1.77 bits per heavy atom. The Labute approximate surface area is 81.7 Å². The lowest BCUT2D eigenvalue weighted by Crippen LogP contribution is -2.46. The molecule has 0 aromatic rings. The van der Waals surface area contributed by atoms with Crippen LogP contribution in [0, 0.1) is 5.92 Å². The molecule has 0 aromatic heterocycles. The molecule has 5 heteroatoms. The summed E-state index contributed by atoms with van der Waals surface area (Å²) in [7, 11) is 0.860. The molecule has 2 N–H and O–H groups in total. The van der Waals surface area contributed by atoms with Crippen LogP contribution in [-0.4, -0.2) is 36.2 Å². The van der Waals surface area contributed by atoms with E-state index in [-0.39, 0.29) is 0 Å². The van der Waals surface area contributed by atoms with Crippen LogP contribution in [-0.2, 0) is 13.3 Å². The van der Waals surface area contributed by atoms with Gasteiger partial charge in [-0.05, 0) is 5.92 Å². The summed E-state index contributed by atoms with van der Waals surface area (Å²) >= 11 is 0. The normalized spacial score (nSPS) is 12.5. The molecule has 4 nitrogen and oxygen atoms in total. The van der Waals surface area contributed by atoms with E-state index in [0.717, 1.165) is 6.04 Å². The highest BCUT2D eigenvalue weighted by molar-refractivity contribution is 6.60. The molecule has 0 radical (unpaired) electrons. The van der Waals surface area contributed by atoms with Crippen LogP contribution in [0.4, 0.5) is 0 Å². The van der Waals surface area contributed by atoms with Gasteiger partial charge < -0.3 is 19.0 Å². The third-order valence-electron chi connectivity index (χ3n) is 1.72. The predicted octanol–water partition coefficient (Wildman–Crippen LogP) is 0.849. The van der Waals surface area contributed by atoms with Gasteiger partial charge in [-0.1, -0.05) is 13.8 Å². The van der Waals surface area contributed by atoms with Gasteiger partial charge in [-0.25, -0.2) is 0 Å². The second kappa shape index (κ2) is 6.50. The average molecular weight is 207 g/mol. The van der Waals surface area contributed by atoms with Crippen LogP contribution in [0.1, 0.15) is 13.8 Å². The van der Waals surface area contributed by atoms with Crippen molar-refractivity contribution in [2.24, 2.45) is 11.7 Å². The van der Waals surface area contributed by atoms with Crippen LogP contribution < -0.4 is 5.73 Å². The van der Waals surface area contributed by atoms with Crippen LogP contribution in [0.3, 0.4) is 0 Å². The molecule has 0 aromatic carbocycles. The molecule has 0 atom stereocenters. The summed E-state index contributed by atoms with van der Waals surface area (Å²) in [6, 6.07) is 0.833. The Morgan fingerprint density at radius 1 is 1.23 bits per heavy atom. The Kier molecular flexibility index (Phi) is 6.53. The highest BCUT2D eigenvalue weighted by Crippen LogP contribution is 2.19. The highest BCUT2D eigenvalue weighted by Gasteiger charge is 2.39. The minimum Gasteiger partial charge on any atom is -0.377 e. The van der Waals surface area contributed by atoms with E-state index in [2.05, 4.69) is 13.8 Å². The topological polar surface area (TPSA) is 53.7 Å². The molecule has 13 heavy (non-hydrogen) atoms. The van der Waals surface area contributed by atoms with Crippen LogP contribution >= 0.6 is 0 Å². The first-order valence-electron chi connectivity index (χ1n) is 4.54. The third kappa shape index (κ3) is 4.73. The standard InChI is InChI=1S/C8H21NO3Si/c1-8(2)7-13(10-3,11-4)12-6-5-9/h8H,5-7,9H2,1-4H3. The maximum atomic E-state index is 5.56. The van der Waals surface area contributed by atoms with Crippen molar-refractivity contribution in [3.05, 3.63) is 0 Å². The molecule has 0 saturated carbocycles. The monoisotopic (exact) mass is 207 g/mol. The van der Waals surface area contributed by atoms with E-state index in [4.69, 9.17) is 19.0 Å². The van der Waals surface area contributed by atoms with Crippen LogP contribution in [0.5, 0.6) is 0 Å². The van der Waals surface area contributed by atoms with Crippen molar-refractivity contribution in [1.82, 2.24) is 0 Å². The van der Waals surface area contributed by atoms with Crippen LogP contribution in [0.2, 0.25) is 6.04 Å². The maximum absolute atomic E-state index is 5.56. The molecule has 0 aliphatic rings. The number of hydrogen-bond acceptors (Lipinski definition) is 4. The molecular formula is C8H21NO3Si. The Bertz CT molecular complexity index is 129. The van der Waals surface area contributed by atoms with E-state index < -0.39 is 8.80 Å². The number of rotatable bonds is 7. The lowest BCUT2D eigenvalue weighted by atomic mass is 10.3. The molecule has 0 spiro atoms. The minimum absolute atomic E-state index is 0.500. The van der Waals surface area contributed by atoms with Crippen LogP contribution in [0.25, 0.3) is 0 Å². The van der Waals surface area contributed by atoms with Crippen molar-refractivity contribution in [3.63, 3.8) is 0 Å². The lowest BCUT2D eigenvalue weighted by Gasteiger charge is -2.27. The smallest absolute Gasteiger partial charge is 0.377 e. The summed E-state index contributed by atoms with van der Waals surface area (Å²) in [5.74, 6) is 0.504. The van der Waals surface area contributed by atoms with Gasteiger partial charge in [0.05, 0.1) is 6.61 Å². The summed E-state index contributed by atoms with van der Waals surface area (Å²) in [6.45, 7) is 5.23. The summed E-state index contributed by atoms with van der Waals surface area (Å²) in [6.07, 6.45) is 0. The molecule has 0 fully saturated rings. The van der Waals surface area contributed by atoms with Gasteiger partial charge in [0.2, 0.25) is 0 Å². The van der Waals surface area contributed by atoms with E-state index in [1.54, 1.807) is 14.2 Å². The fraction of sp³-hybridized carbons (Fsp3) is 1.00. The minimum atomic E-state index is -2.41. The third-order valence-corrected chi connectivity index (χ3v) is 4.92. The van der Waals surface area contributed by atoms with E-state index in [1.165, 1.54) is 0 Å². The highest BCUT2D eigenvalue weighted by atomic mass is 28.4. The first kappa shape index (κ1) is 13.1. The van der Waals surface area contributed by atoms with E-state index in [0.29, 0.717) is 19.1 Å². The molecule has 0 amide bonds. The van der Waals surface area contributed by atoms with Gasteiger partial charge in [0.15, 0.2) is 0 Å². The first-order chi connectivity index (χ1) is 6.10. The quantitative estimate of drug-likeness (QED) is 0.629. The average Bonchev–Trinajstić information content (AvgIpc) is 2.12. The van der Waals surface area contributed by atoms with Crippen molar-refractivity contribution in [2.75, 3.05) is 27.4 Å². The molecule has 0 aliphatic heterocycles.